The molecule has 2 atom stereocenters. The van der Waals surface area contributed by atoms with Gasteiger partial charge in [-0.15, -0.1) is 0 Å². The van der Waals surface area contributed by atoms with E-state index in [0.717, 1.165) is 0 Å². The molecule has 1 fully saturated rings. The summed E-state index contributed by atoms with van der Waals surface area (Å²) in [6, 6.07) is 0. The molecule has 0 aromatic carbocycles. The second-order valence-corrected chi connectivity index (χ2v) is 4.64. The van der Waals surface area contributed by atoms with E-state index in [1.54, 1.807) is 20.8 Å². The van der Waals surface area contributed by atoms with Gasteiger partial charge in [-0.2, -0.15) is 0 Å². The van der Waals surface area contributed by atoms with E-state index in [2.05, 4.69) is 10.1 Å². The van der Waals surface area contributed by atoms with Gasteiger partial charge in [-0.05, 0) is 12.3 Å². The number of ether oxygens (including phenoxy) is 1. The fraction of sp³-hybridized carbons (Fsp3) is 0.727. The molecule has 0 aromatic rings. The van der Waals surface area contributed by atoms with E-state index >= 15 is 0 Å². The first-order chi connectivity index (χ1) is 7.82. The summed E-state index contributed by atoms with van der Waals surface area (Å²) in [5.74, 6) is -3.16. The van der Waals surface area contributed by atoms with E-state index in [9.17, 15) is 14.4 Å². The van der Waals surface area contributed by atoms with Gasteiger partial charge in [-0.25, -0.2) is 0 Å². The Hall–Kier alpha value is -1.59. The Balaban J connectivity index is 2.45. The summed E-state index contributed by atoms with van der Waals surface area (Å²) >= 11 is 0. The van der Waals surface area contributed by atoms with Crippen LogP contribution in [-0.2, 0) is 19.1 Å². The first-order valence-corrected chi connectivity index (χ1v) is 5.48. The molecule has 1 aliphatic rings. The fourth-order valence-corrected chi connectivity index (χ4v) is 2.07. The van der Waals surface area contributed by atoms with Gasteiger partial charge in [0.15, 0.2) is 0 Å². The van der Waals surface area contributed by atoms with Crippen molar-refractivity contribution in [3.05, 3.63) is 0 Å². The van der Waals surface area contributed by atoms with Crippen LogP contribution >= 0.6 is 0 Å². The average Bonchev–Trinajstić information content (AvgIpc) is 2.79. The van der Waals surface area contributed by atoms with E-state index in [4.69, 9.17) is 5.11 Å². The third-order valence-corrected chi connectivity index (χ3v) is 3.09. The lowest BCUT2D eigenvalue weighted by Gasteiger charge is -2.05. The molecule has 0 spiro atoms. The molecule has 0 aromatic heterocycles. The van der Waals surface area contributed by atoms with Gasteiger partial charge in [0.05, 0.1) is 18.4 Å². The maximum atomic E-state index is 11.7. The Labute approximate surface area is 99.3 Å². The summed E-state index contributed by atoms with van der Waals surface area (Å²) in [7, 11) is 0. The van der Waals surface area contributed by atoms with Gasteiger partial charge in [0.1, 0.15) is 6.54 Å². The third-order valence-electron chi connectivity index (χ3n) is 3.09. The zero-order chi connectivity index (χ0) is 13.2. The summed E-state index contributed by atoms with van der Waals surface area (Å²) in [6.45, 7) is 5.15. The van der Waals surface area contributed by atoms with Gasteiger partial charge in [0.2, 0.25) is 5.91 Å². The molecular weight excluding hydrogens is 226 g/mol. The van der Waals surface area contributed by atoms with Crippen LogP contribution in [0.5, 0.6) is 0 Å². The first kappa shape index (κ1) is 13.5. The minimum absolute atomic E-state index is 0.217. The SMILES string of the molecule is CCOC(=O)CNC(=O)C1C(C(=O)O)C1(C)C. The number of aliphatic carboxylic acids is 1. The van der Waals surface area contributed by atoms with E-state index in [-0.39, 0.29) is 13.2 Å². The number of esters is 1. The van der Waals surface area contributed by atoms with Crippen molar-refractivity contribution in [3.63, 3.8) is 0 Å². The molecule has 0 aliphatic heterocycles. The van der Waals surface area contributed by atoms with Gasteiger partial charge in [0, 0.05) is 0 Å². The molecule has 0 radical (unpaired) electrons. The van der Waals surface area contributed by atoms with E-state index in [1.807, 2.05) is 0 Å². The van der Waals surface area contributed by atoms with Crippen molar-refractivity contribution < 1.29 is 24.2 Å². The summed E-state index contributed by atoms with van der Waals surface area (Å²) in [6.07, 6.45) is 0. The molecule has 1 rings (SSSR count). The maximum Gasteiger partial charge on any atom is 0.325 e. The van der Waals surface area contributed by atoms with Crippen LogP contribution in [0.15, 0.2) is 0 Å². The van der Waals surface area contributed by atoms with Crippen LogP contribution in [0.1, 0.15) is 20.8 Å². The van der Waals surface area contributed by atoms with Crippen molar-refractivity contribution in [2.75, 3.05) is 13.2 Å². The summed E-state index contributed by atoms with van der Waals surface area (Å²) < 4.78 is 4.65. The minimum Gasteiger partial charge on any atom is -0.481 e. The minimum atomic E-state index is -0.980. The molecule has 1 aliphatic carbocycles. The Morgan fingerprint density at radius 3 is 2.29 bits per heavy atom. The van der Waals surface area contributed by atoms with Crippen LogP contribution in [0.2, 0.25) is 0 Å². The predicted octanol–water partition coefficient (Wildman–Crippen LogP) is 0.0225. The van der Waals surface area contributed by atoms with E-state index in [0.29, 0.717) is 0 Å². The molecule has 6 heteroatoms. The first-order valence-electron chi connectivity index (χ1n) is 5.48. The quantitative estimate of drug-likeness (QED) is 0.664. The number of carbonyl (C=O) groups excluding carboxylic acids is 2. The molecule has 1 amide bonds. The molecule has 6 nitrogen and oxygen atoms in total. The average molecular weight is 243 g/mol. The zero-order valence-corrected chi connectivity index (χ0v) is 10.1. The van der Waals surface area contributed by atoms with Crippen LogP contribution in [0, 0.1) is 17.3 Å². The molecule has 2 N–H and O–H groups in total. The highest BCUT2D eigenvalue weighted by Crippen LogP contribution is 2.58. The highest BCUT2D eigenvalue weighted by molar-refractivity contribution is 5.93. The largest absolute Gasteiger partial charge is 0.481 e. The van der Waals surface area contributed by atoms with Crippen LogP contribution in [0.3, 0.4) is 0 Å². The predicted molar refractivity (Wildman–Crippen MR) is 58.0 cm³/mol. The van der Waals surface area contributed by atoms with Crippen LogP contribution in [-0.4, -0.2) is 36.1 Å². The Morgan fingerprint density at radius 2 is 1.88 bits per heavy atom. The summed E-state index contributed by atoms with van der Waals surface area (Å²) in [5.41, 5.74) is -0.551. The normalized spacial score (nSPS) is 24.9. The van der Waals surface area contributed by atoms with Gasteiger partial charge < -0.3 is 15.2 Å². The highest BCUT2D eigenvalue weighted by atomic mass is 16.5. The number of carboxylic acid groups (broad SMARTS) is 1. The standard InChI is InChI=1S/C11H17NO5/c1-4-17-6(13)5-12-9(14)7-8(10(15)16)11(7,2)3/h7-8H,4-5H2,1-3H3,(H,12,14)(H,15,16). The third kappa shape index (κ3) is 2.75. The monoisotopic (exact) mass is 243 g/mol. The van der Waals surface area contributed by atoms with Crippen molar-refractivity contribution in [1.82, 2.24) is 5.32 Å². The smallest absolute Gasteiger partial charge is 0.325 e. The van der Waals surface area contributed by atoms with Gasteiger partial charge >= 0.3 is 11.9 Å². The topological polar surface area (TPSA) is 92.7 Å². The van der Waals surface area contributed by atoms with Gasteiger partial charge in [-0.3, -0.25) is 14.4 Å². The lowest BCUT2D eigenvalue weighted by molar-refractivity contribution is -0.143. The molecule has 0 bridgehead atoms. The van der Waals surface area contributed by atoms with E-state index in [1.165, 1.54) is 0 Å². The van der Waals surface area contributed by atoms with Crippen molar-refractivity contribution in [3.8, 4) is 0 Å². The fourth-order valence-electron chi connectivity index (χ4n) is 2.07. The van der Waals surface area contributed by atoms with Crippen molar-refractivity contribution in [1.29, 1.82) is 0 Å². The number of nitrogens with one attached hydrogen (secondary N) is 1. The number of hydrogen-bond acceptors (Lipinski definition) is 4. The Morgan fingerprint density at radius 1 is 1.29 bits per heavy atom. The summed E-state index contributed by atoms with van der Waals surface area (Å²) in [4.78, 5) is 33.5. The number of carboxylic acids is 1. The molecule has 0 saturated heterocycles. The maximum absolute atomic E-state index is 11.7. The number of amides is 1. The number of hydrogen-bond donors (Lipinski definition) is 2. The van der Waals surface area contributed by atoms with Crippen LogP contribution in [0.4, 0.5) is 0 Å². The lowest BCUT2D eigenvalue weighted by atomic mass is 10.1. The lowest BCUT2D eigenvalue weighted by Crippen LogP contribution is -2.33. The summed E-state index contributed by atoms with van der Waals surface area (Å²) in [5, 5.41) is 11.3. The Kier molecular flexibility index (Phi) is 3.75. The van der Waals surface area contributed by atoms with Crippen molar-refractivity contribution in [2.24, 2.45) is 17.3 Å². The molecule has 2 unspecified atom stereocenters. The molecule has 0 heterocycles. The van der Waals surface area contributed by atoms with Gasteiger partial charge in [-0.1, -0.05) is 13.8 Å². The molecular formula is C11H17NO5. The van der Waals surface area contributed by atoms with E-state index < -0.39 is 35.1 Å². The van der Waals surface area contributed by atoms with Crippen LogP contribution in [0.25, 0.3) is 0 Å². The van der Waals surface area contributed by atoms with Gasteiger partial charge in [0.25, 0.3) is 0 Å². The Bertz CT molecular complexity index is 350. The van der Waals surface area contributed by atoms with Crippen molar-refractivity contribution in [2.45, 2.75) is 20.8 Å². The molecule has 17 heavy (non-hydrogen) atoms. The second kappa shape index (κ2) is 4.73. The number of carbonyl (C=O) groups is 3. The molecule has 96 valence electrons. The number of rotatable bonds is 5. The molecule has 1 saturated carbocycles. The highest BCUT2D eigenvalue weighted by Gasteiger charge is 2.65. The second-order valence-electron chi connectivity index (χ2n) is 4.64. The zero-order valence-electron chi connectivity index (χ0n) is 10.1. The van der Waals surface area contributed by atoms with Crippen LogP contribution < -0.4 is 5.32 Å². The van der Waals surface area contributed by atoms with Crippen molar-refractivity contribution >= 4 is 17.8 Å².